The molecule has 5 nitrogen and oxygen atoms in total. The van der Waals surface area contributed by atoms with E-state index in [0.29, 0.717) is 6.42 Å². The first-order valence-corrected chi connectivity index (χ1v) is 8.58. The molecule has 0 aliphatic carbocycles. The molecule has 1 aromatic heterocycles. The van der Waals surface area contributed by atoms with Crippen molar-refractivity contribution < 1.29 is 4.79 Å². The van der Waals surface area contributed by atoms with Crippen LogP contribution in [0.15, 0.2) is 53.3 Å². The zero-order chi connectivity index (χ0) is 17.6. The summed E-state index contributed by atoms with van der Waals surface area (Å²) in [4.78, 5) is 27.2. The summed E-state index contributed by atoms with van der Waals surface area (Å²) in [6.45, 7) is 0. The number of hydrogen-bond acceptors (Lipinski definition) is 2. The van der Waals surface area contributed by atoms with Crippen molar-refractivity contribution in [3.8, 4) is 0 Å². The Balaban J connectivity index is 1.68. The second-order valence-electron chi connectivity index (χ2n) is 6.68. The van der Waals surface area contributed by atoms with Crippen LogP contribution in [-0.2, 0) is 18.3 Å². The molecule has 0 bridgehead atoms. The van der Waals surface area contributed by atoms with Gasteiger partial charge in [-0.3, -0.25) is 13.9 Å². The van der Waals surface area contributed by atoms with Crippen LogP contribution in [0.5, 0.6) is 0 Å². The number of imidazole rings is 1. The number of para-hydroxylation sites is 2. The van der Waals surface area contributed by atoms with Crippen molar-refractivity contribution in [3.05, 3.63) is 64.6 Å². The number of anilines is 1. The Kier molecular flexibility index (Phi) is 3.71. The van der Waals surface area contributed by atoms with Gasteiger partial charge >= 0.3 is 5.69 Å². The molecule has 5 heteroatoms. The van der Waals surface area contributed by atoms with E-state index in [1.54, 1.807) is 23.6 Å². The number of nitrogens with zero attached hydrogens (tertiary/aromatic N) is 3. The first-order valence-electron chi connectivity index (χ1n) is 8.58. The van der Waals surface area contributed by atoms with Crippen molar-refractivity contribution in [2.75, 3.05) is 11.9 Å². The fourth-order valence-corrected chi connectivity index (χ4v) is 3.81. The van der Waals surface area contributed by atoms with Crippen LogP contribution >= 0.6 is 0 Å². The average molecular weight is 335 g/mol. The number of carbonyl (C=O) groups is 1. The van der Waals surface area contributed by atoms with E-state index in [-0.39, 0.29) is 17.6 Å². The normalized spacial score (nSPS) is 16.2. The second kappa shape index (κ2) is 5.92. The highest BCUT2D eigenvalue weighted by molar-refractivity contribution is 5.93. The Morgan fingerprint density at radius 3 is 2.68 bits per heavy atom. The van der Waals surface area contributed by atoms with Gasteiger partial charge in [-0.15, -0.1) is 0 Å². The van der Waals surface area contributed by atoms with E-state index in [0.717, 1.165) is 29.6 Å². The SMILES string of the molecule is CN(C(=O)CC1CCc2cccc3c2n1c(=O)n3C)c1ccccc1. The topological polar surface area (TPSA) is 47.2 Å². The van der Waals surface area contributed by atoms with Crippen LogP contribution in [0.1, 0.15) is 24.4 Å². The zero-order valence-corrected chi connectivity index (χ0v) is 14.5. The molecular formula is C20H21N3O2. The summed E-state index contributed by atoms with van der Waals surface area (Å²) < 4.78 is 3.51. The first-order chi connectivity index (χ1) is 12.1. The fourth-order valence-electron chi connectivity index (χ4n) is 3.81. The smallest absolute Gasteiger partial charge is 0.315 e. The highest BCUT2D eigenvalue weighted by atomic mass is 16.2. The van der Waals surface area contributed by atoms with E-state index in [4.69, 9.17) is 0 Å². The van der Waals surface area contributed by atoms with Gasteiger partial charge in [0.25, 0.3) is 0 Å². The number of aryl methyl sites for hydroxylation is 2. The van der Waals surface area contributed by atoms with E-state index in [2.05, 4.69) is 6.07 Å². The van der Waals surface area contributed by atoms with Gasteiger partial charge in [0.2, 0.25) is 5.91 Å². The molecule has 0 radical (unpaired) electrons. The molecule has 1 unspecified atom stereocenters. The quantitative estimate of drug-likeness (QED) is 0.739. The molecular weight excluding hydrogens is 314 g/mol. The molecule has 0 saturated carbocycles. The van der Waals surface area contributed by atoms with Crippen LogP contribution in [0.2, 0.25) is 0 Å². The minimum absolute atomic E-state index is 0.0273. The van der Waals surface area contributed by atoms with Gasteiger partial charge in [-0.25, -0.2) is 4.79 Å². The third-order valence-electron chi connectivity index (χ3n) is 5.23. The highest BCUT2D eigenvalue weighted by Gasteiger charge is 2.28. The molecule has 0 fully saturated rings. The van der Waals surface area contributed by atoms with Crippen molar-refractivity contribution in [3.63, 3.8) is 0 Å². The van der Waals surface area contributed by atoms with E-state index in [9.17, 15) is 9.59 Å². The molecule has 3 aromatic rings. The minimum Gasteiger partial charge on any atom is -0.315 e. The van der Waals surface area contributed by atoms with Crippen LogP contribution in [0.4, 0.5) is 5.69 Å². The zero-order valence-electron chi connectivity index (χ0n) is 14.5. The third-order valence-corrected chi connectivity index (χ3v) is 5.23. The second-order valence-corrected chi connectivity index (χ2v) is 6.68. The maximum absolute atomic E-state index is 12.8. The lowest BCUT2D eigenvalue weighted by Crippen LogP contribution is -2.34. The predicted molar refractivity (Wildman–Crippen MR) is 99.0 cm³/mol. The summed E-state index contributed by atoms with van der Waals surface area (Å²) in [5, 5.41) is 0. The van der Waals surface area contributed by atoms with Crippen LogP contribution in [0.3, 0.4) is 0 Å². The van der Waals surface area contributed by atoms with Crippen LogP contribution in [-0.4, -0.2) is 22.1 Å². The molecule has 1 atom stereocenters. The molecule has 0 N–H and O–H groups in total. The molecule has 4 rings (SSSR count). The van der Waals surface area contributed by atoms with Crippen molar-refractivity contribution in [1.29, 1.82) is 0 Å². The summed E-state index contributed by atoms with van der Waals surface area (Å²) in [7, 11) is 3.59. The van der Waals surface area contributed by atoms with Gasteiger partial charge in [0.05, 0.1) is 11.0 Å². The number of carbonyl (C=O) groups excluding carboxylic acids is 1. The Morgan fingerprint density at radius 2 is 1.92 bits per heavy atom. The van der Waals surface area contributed by atoms with E-state index in [1.165, 1.54) is 5.56 Å². The molecule has 128 valence electrons. The van der Waals surface area contributed by atoms with E-state index >= 15 is 0 Å². The lowest BCUT2D eigenvalue weighted by Gasteiger charge is -2.26. The van der Waals surface area contributed by atoms with Crippen molar-refractivity contribution >= 4 is 22.6 Å². The predicted octanol–water partition coefficient (Wildman–Crippen LogP) is 2.88. The molecule has 2 heterocycles. The molecule has 25 heavy (non-hydrogen) atoms. The Labute approximate surface area is 146 Å². The number of amides is 1. The summed E-state index contributed by atoms with van der Waals surface area (Å²) in [5.41, 5.74) is 3.95. The lowest BCUT2D eigenvalue weighted by atomic mass is 9.96. The van der Waals surface area contributed by atoms with Gasteiger partial charge in [-0.2, -0.15) is 0 Å². The summed E-state index contributed by atoms with van der Waals surface area (Å²) >= 11 is 0. The molecule has 0 saturated heterocycles. The van der Waals surface area contributed by atoms with Crippen LogP contribution < -0.4 is 10.6 Å². The maximum atomic E-state index is 12.8. The molecule has 2 aromatic carbocycles. The molecule has 1 amide bonds. The molecule has 1 aliphatic heterocycles. The van der Waals surface area contributed by atoms with E-state index < -0.39 is 0 Å². The third kappa shape index (κ3) is 2.47. The van der Waals surface area contributed by atoms with Gasteiger partial charge in [-0.1, -0.05) is 30.3 Å². The summed E-state index contributed by atoms with van der Waals surface area (Å²) in [6.07, 6.45) is 2.04. The van der Waals surface area contributed by atoms with Crippen molar-refractivity contribution in [1.82, 2.24) is 9.13 Å². The van der Waals surface area contributed by atoms with Crippen LogP contribution in [0, 0.1) is 0 Å². The van der Waals surface area contributed by atoms with Gasteiger partial charge in [0, 0.05) is 32.2 Å². The fraction of sp³-hybridized carbons (Fsp3) is 0.300. The van der Waals surface area contributed by atoms with Gasteiger partial charge in [0.1, 0.15) is 0 Å². The highest BCUT2D eigenvalue weighted by Crippen LogP contribution is 2.32. The standard InChI is InChI=1S/C20H21N3O2/c1-21(15-8-4-3-5-9-15)18(24)13-16-12-11-14-7-6-10-17-19(14)23(16)20(25)22(17)2/h3-10,16H,11-13H2,1-2H3. The molecule has 1 aliphatic rings. The van der Waals surface area contributed by atoms with Crippen molar-refractivity contribution in [2.45, 2.75) is 25.3 Å². The Hall–Kier alpha value is -2.82. The summed E-state index contributed by atoms with van der Waals surface area (Å²) in [6, 6.07) is 15.6. The van der Waals surface area contributed by atoms with Gasteiger partial charge in [-0.05, 0) is 36.6 Å². The maximum Gasteiger partial charge on any atom is 0.329 e. The van der Waals surface area contributed by atoms with Crippen LogP contribution in [0.25, 0.3) is 11.0 Å². The van der Waals surface area contributed by atoms with Gasteiger partial charge in [0.15, 0.2) is 0 Å². The summed E-state index contributed by atoms with van der Waals surface area (Å²) in [5.74, 6) is 0.0273. The number of hydrogen-bond donors (Lipinski definition) is 0. The first kappa shape index (κ1) is 15.7. The average Bonchev–Trinajstić information content (AvgIpc) is 2.91. The Bertz CT molecular complexity index is 1000. The minimum atomic E-state index is -0.0928. The lowest BCUT2D eigenvalue weighted by molar-refractivity contribution is -0.119. The van der Waals surface area contributed by atoms with Crippen molar-refractivity contribution in [2.24, 2.45) is 7.05 Å². The number of rotatable bonds is 3. The largest absolute Gasteiger partial charge is 0.329 e. The monoisotopic (exact) mass is 335 g/mol. The number of benzene rings is 2. The van der Waals surface area contributed by atoms with E-state index in [1.807, 2.05) is 47.0 Å². The Morgan fingerprint density at radius 1 is 1.16 bits per heavy atom. The number of aromatic nitrogens is 2. The molecule has 0 spiro atoms. The van der Waals surface area contributed by atoms with Gasteiger partial charge < -0.3 is 4.90 Å².